The maximum absolute atomic E-state index is 12.9. The Morgan fingerprint density at radius 1 is 1.30 bits per heavy atom. The van der Waals surface area contributed by atoms with Crippen LogP contribution in [0.1, 0.15) is 31.2 Å². The SMILES string of the molecule is Nc1ccc(NCCC2CCCCO2)c(C(F)(F)F)c1. The molecule has 0 aliphatic carbocycles. The van der Waals surface area contributed by atoms with Gasteiger partial charge < -0.3 is 15.8 Å². The van der Waals surface area contributed by atoms with E-state index in [1.54, 1.807) is 0 Å². The molecular weight excluding hydrogens is 269 g/mol. The lowest BCUT2D eigenvalue weighted by molar-refractivity contribution is -0.136. The van der Waals surface area contributed by atoms with Crippen LogP contribution in [0, 0.1) is 0 Å². The normalized spacial score (nSPS) is 19.9. The molecule has 0 aromatic heterocycles. The molecule has 0 bridgehead atoms. The van der Waals surface area contributed by atoms with Crippen LogP contribution >= 0.6 is 0 Å². The zero-order chi connectivity index (χ0) is 14.6. The summed E-state index contributed by atoms with van der Waals surface area (Å²) in [6.07, 6.45) is -0.365. The van der Waals surface area contributed by atoms with E-state index in [9.17, 15) is 13.2 Å². The number of nitrogens with two attached hydrogens (primary N) is 1. The van der Waals surface area contributed by atoms with Crippen LogP contribution < -0.4 is 11.1 Å². The highest BCUT2D eigenvalue weighted by molar-refractivity contribution is 5.59. The first-order valence-electron chi connectivity index (χ1n) is 6.79. The lowest BCUT2D eigenvalue weighted by Gasteiger charge is -2.23. The monoisotopic (exact) mass is 288 g/mol. The molecule has 1 aromatic rings. The summed E-state index contributed by atoms with van der Waals surface area (Å²) < 4.78 is 44.2. The Hall–Kier alpha value is -1.43. The van der Waals surface area contributed by atoms with Crippen molar-refractivity contribution in [1.82, 2.24) is 0 Å². The highest BCUT2D eigenvalue weighted by Gasteiger charge is 2.33. The van der Waals surface area contributed by atoms with E-state index in [0.29, 0.717) is 13.0 Å². The number of anilines is 2. The molecule has 2 rings (SSSR count). The van der Waals surface area contributed by atoms with Crippen LogP contribution in [-0.4, -0.2) is 19.3 Å². The van der Waals surface area contributed by atoms with Crippen molar-refractivity contribution in [2.24, 2.45) is 0 Å². The average molecular weight is 288 g/mol. The third kappa shape index (κ3) is 4.03. The van der Waals surface area contributed by atoms with E-state index in [4.69, 9.17) is 10.5 Å². The number of hydrogen-bond acceptors (Lipinski definition) is 3. The van der Waals surface area contributed by atoms with Gasteiger partial charge in [-0.05, 0) is 43.9 Å². The van der Waals surface area contributed by atoms with Crippen molar-refractivity contribution in [3.05, 3.63) is 23.8 Å². The fourth-order valence-electron chi connectivity index (χ4n) is 2.35. The van der Waals surface area contributed by atoms with Crippen LogP contribution in [0.4, 0.5) is 24.5 Å². The molecular formula is C14H19F3N2O. The van der Waals surface area contributed by atoms with E-state index in [2.05, 4.69) is 5.32 Å². The Kier molecular flexibility index (Phi) is 4.75. The van der Waals surface area contributed by atoms with Gasteiger partial charge in [-0.2, -0.15) is 13.2 Å². The lowest BCUT2D eigenvalue weighted by Crippen LogP contribution is -2.22. The number of benzene rings is 1. The van der Waals surface area contributed by atoms with Gasteiger partial charge in [0.05, 0.1) is 11.7 Å². The van der Waals surface area contributed by atoms with E-state index in [1.165, 1.54) is 12.1 Å². The number of nitrogen functional groups attached to an aromatic ring is 1. The van der Waals surface area contributed by atoms with E-state index in [0.717, 1.165) is 31.9 Å². The smallest absolute Gasteiger partial charge is 0.399 e. The molecule has 0 radical (unpaired) electrons. The van der Waals surface area contributed by atoms with Crippen LogP contribution in [0.3, 0.4) is 0 Å². The van der Waals surface area contributed by atoms with Gasteiger partial charge in [0.2, 0.25) is 0 Å². The molecule has 3 N–H and O–H groups in total. The fraction of sp³-hybridized carbons (Fsp3) is 0.571. The van der Waals surface area contributed by atoms with Crippen molar-refractivity contribution in [3.8, 4) is 0 Å². The average Bonchev–Trinajstić information content (AvgIpc) is 2.40. The molecule has 6 heteroatoms. The van der Waals surface area contributed by atoms with Gasteiger partial charge in [-0.25, -0.2) is 0 Å². The molecule has 0 saturated carbocycles. The van der Waals surface area contributed by atoms with Crippen LogP contribution in [0.2, 0.25) is 0 Å². The van der Waals surface area contributed by atoms with Gasteiger partial charge >= 0.3 is 6.18 Å². The van der Waals surface area contributed by atoms with Gasteiger partial charge in [0, 0.05) is 24.5 Å². The van der Waals surface area contributed by atoms with Crippen LogP contribution in [0.15, 0.2) is 18.2 Å². The van der Waals surface area contributed by atoms with Crippen molar-refractivity contribution in [2.75, 3.05) is 24.2 Å². The number of ether oxygens (including phenoxy) is 1. The summed E-state index contributed by atoms with van der Waals surface area (Å²) in [5, 5.41) is 2.84. The minimum absolute atomic E-state index is 0.0718. The molecule has 1 heterocycles. The maximum atomic E-state index is 12.9. The van der Waals surface area contributed by atoms with Gasteiger partial charge in [-0.15, -0.1) is 0 Å². The first kappa shape index (κ1) is 15.0. The summed E-state index contributed by atoms with van der Waals surface area (Å²) in [4.78, 5) is 0. The van der Waals surface area contributed by atoms with Crippen LogP contribution in [0.25, 0.3) is 0 Å². The lowest BCUT2D eigenvalue weighted by atomic mass is 10.1. The van der Waals surface area contributed by atoms with Crippen molar-refractivity contribution in [1.29, 1.82) is 0 Å². The zero-order valence-corrected chi connectivity index (χ0v) is 11.2. The second kappa shape index (κ2) is 6.35. The molecule has 1 fully saturated rings. The molecule has 0 amide bonds. The largest absolute Gasteiger partial charge is 0.418 e. The fourth-order valence-corrected chi connectivity index (χ4v) is 2.35. The van der Waals surface area contributed by atoms with Gasteiger partial charge in [0.1, 0.15) is 0 Å². The first-order valence-corrected chi connectivity index (χ1v) is 6.79. The summed E-state index contributed by atoms with van der Waals surface area (Å²) in [7, 11) is 0. The predicted molar refractivity (Wildman–Crippen MR) is 72.6 cm³/mol. The summed E-state index contributed by atoms with van der Waals surface area (Å²) in [5.41, 5.74) is 4.88. The maximum Gasteiger partial charge on any atom is 0.418 e. The van der Waals surface area contributed by atoms with Gasteiger partial charge in [-0.1, -0.05) is 0 Å². The molecule has 0 spiro atoms. The summed E-state index contributed by atoms with van der Waals surface area (Å²) >= 11 is 0. The van der Waals surface area contributed by atoms with Crippen LogP contribution in [0.5, 0.6) is 0 Å². The van der Waals surface area contributed by atoms with Gasteiger partial charge in [0.25, 0.3) is 0 Å². The third-order valence-electron chi connectivity index (χ3n) is 3.40. The Morgan fingerprint density at radius 3 is 2.75 bits per heavy atom. The molecule has 1 aromatic carbocycles. The molecule has 1 aliphatic heterocycles. The summed E-state index contributed by atoms with van der Waals surface area (Å²) in [5.74, 6) is 0. The van der Waals surface area contributed by atoms with Crippen molar-refractivity contribution in [3.63, 3.8) is 0 Å². The molecule has 1 unspecified atom stereocenters. The molecule has 20 heavy (non-hydrogen) atoms. The molecule has 1 aliphatic rings. The molecule has 112 valence electrons. The Morgan fingerprint density at radius 2 is 2.10 bits per heavy atom. The Balaban J connectivity index is 1.95. The minimum atomic E-state index is -4.40. The van der Waals surface area contributed by atoms with Crippen molar-refractivity contribution >= 4 is 11.4 Å². The van der Waals surface area contributed by atoms with Gasteiger partial charge in [-0.3, -0.25) is 0 Å². The zero-order valence-electron chi connectivity index (χ0n) is 11.2. The van der Waals surface area contributed by atoms with E-state index in [-0.39, 0.29) is 17.5 Å². The molecule has 3 nitrogen and oxygen atoms in total. The predicted octanol–water partition coefficient (Wildman–Crippen LogP) is 3.66. The second-order valence-corrected chi connectivity index (χ2v) is 5.01. The van der Waals surface area contributed by atoms with Crippen molar-refractivity contribution in [2.45, 2.75) is 38.0 Å². The second-order valence-electron chi connectivity index (χ2n) is 5.01. The van der Waals surface area contributed by atoms with E-state index in [1.807, 2.05) is 0 Å². The highest BCUT2D eigenvalue weighted by atomic mass is 19.4. The third-order valence-corrected chi connectivity index (χ3v) is 3.40. The number of nitrogens with one attached hydrogen (secondary N) is 1. The minimum Gasteiger partial charge on any atom is -0.399 e. The molecule has 1 saturated heterocycles. The quantitative estimate of drug-likeness (QED) is 0.831. The van der Waals surface area contributed by atoms with E-state index < -0.39 is 11.7 Å². The topological polar surface area (TPSA) is 47.3 Å². The van der Waals surface area contributed by atoms with Gasteiger partial charge in [0.15, 0.2) is 0 Å². The number of rotatable bonds is 4. The Bertz CT molecular complexity index is 443. The number of halogens is 3. The highest BCUT2D eigenvalue weighted by Crippen LogP contribution is 2.36. The van der Waals surface area contributed by atoms with Crippen molar-refractivity contribution < 1.29 is 17.9 Å². The summed E-state index contributed by atoms with van der Waals surface area (Å²) in [6, 6.07) is 3.80. The Labute approximate surface area is 116 Å². The van der Waals surface area contributed by atoms with E-state index >= 15 is 0 Å². The first-order chi connectivity index (χ1) is 9.47. The molecule has 1 atom stereocenters. The number of alkyl halides is 3. The van der Waals surface area contributed by atoms with Crippen LogP contribution in [-0.2, 0) is 10.9 Å². The number of hydrogen-bond donors (Lipinski definition) is 2. The standard InChI is InChI=1S/C14H19F3N2O/c15-14(16,17)12-9-10(18)4-5-13(12)19-7-6-11-3-1-2-8-20-11/h4-5,9,11,19H,1-3,6-8,18H2. The summed E-state index contributed by atoms with van der Waals surface area (Å²) in [6.45, 7) is 1.21.